The van der Waals surface area contributed by atoms with Crippen LogP contribution in [0, 0.1) is 0 Å². The molecule has 0 spiro atoms. The third-order valence-corrected chi connectivity index (χ3v) is 3.72. The van der Waals surface area contributed by atoms with E-state index in [1.54, 1.807) is 0 Å². The average Bonchev–Trinajstić information content (AvgIpc) is 1.65. The Morgan fingerprint density at radius 3 is 1.56 bits per heavy atom. The normalized spacial score (nSPS) is 12.7. The molecule has 56 valence electrons. The first-order valence-electron chi connectivity index (χ1n) is 3.49. The van der Waals surface area contributed by atoms with Crippen LogP contribution in [0.2, 0.25) is 13.1 Å². The Balaban J connectivity index is 3.79. The molecule has 0 aromatic rings. The van der Waals surface area contributed by atoms with Gasteiger partial charge in [-0.05, 0) is 26.2 Å². The van der Waals surface area contributed by atoms with E-state index in [4.69, 9.17) is 0 Å². The summed E-state index contributed by atoms with van der Waals surface area (Å²) in [6.07, 6.45) is 0. The first kappa shape index (κ1) is 9.14. The first-order chi connectivity index (χ1) is 4.02. The number of rotatable bonds is 3. The lowest BCUT2D eigenvalue weighted by atomic mass is 10.7. The molecule has 0 aliphatic rings. The molecule has 0 saturated heterocycles. The molecule has 0 bridgehead atoms. The van der Waals surface area contributed by atoms with E-state index in [0.717, 1.165) is 13.1 Å². The molecule has 0 heterocycles. The van der Waals surface area contributed by atoms with E-state index < -0.39 is 8.48 Å². The van der Waals surface area contributed by atoms with E-state index in [0.29, 0.717) is 0 Å². The number of nitrogens with zero attached hydrogens (tertiary/aromatic N) is 1. The third-order valence-electron chi connectivity index (χ3n) is 1.54. The van der Waals surface area contributed by atoms with Crippen molar-refractivity contribution >= 4 is 8.48 Å². The van der Waals surface area contributed by atoms with Gasteiger partial charge < -0.3 is 9.36 Å². The fraction of sp³-hybridized carbons (Fsp3) is 1.00. The van der Waals surface area contributed by atoms with Crippen molar-refractivity contribution in [3.63, 3.8) is 0 Å². The summed E-state index contributed by atoms with van der Waals surface area (Å²) in [5.74, 6) is 0. The highest BCUT2D eigenvalue weighted by atomic mass is 28.4. The maximum Gasteiger partial charge on any atom is 0.262 e. The number of hydrogen-bond donors (Lipinski definition) is 1. The van der Waals surface area contributed by atoms with Crippen molar-refractivity contribution < 1.29 is 4.80 Å². The molecule has 9 heavy (non-hydrogen) atoms. The first-order valence-corrected chi connectivity index (χ1v) is 6.39. The molecule has 0 aliphatic carbocycles. The monoisotopic (exact) mass is 147 g/mol. The molecule has 0 unspecified atom stereocenters. The predicted octanol–water partition coefficient (Wildman–Crippen LogP) is 1.02. The van der Waals surface area contributed by atoms with Gasteiger partial charge in [-0.3, -0.25) is 0 Å². The molecular formula is C6H17NOSi. The fourth-order valence-corrected chi connectivity index (χ4v) is 2.55. The maximum absolute atomic E-state index is 9.54. The number of hydrogen-bond acceptors (Lipinski definition) is 2. The summed E-state index contributed by atoms with van der Waals surface area (Å²) >= 11 is 0. The van der Waals surface area contributed by atoms with Gasteiger partial charge in [0.05, 0.1) is 0 Å². The highest BCUT2D eigenvalue weighted by molar-refractivity contribution is 6.66. The van der Waals surface area contributed by atoms with Gasteiger partial charge in [-0.15, -0.1) is 0 Å². The van der Waals surface area contributed by atoms with Gasteiger partial charge in [0.2, 0.25) is 0 Å². The van der Waals surface area contributed by atoms with Crippen LogP contribution in [0.4, 0.5) is 0 Å². The van der Waals surface area contributed by atoms with Gasteiger partial charge in [0.15, 0.2) is 0 Å². The van der Waals surface area contributed by atoms with Crippen LogP contribution < -0.4 is 0 Å². The maximum atomic E-state index is 9.54. The molecule has 0 amide bonds. The molecule has 3 heteroatoms. The Kier molecular flexibility index (Phi) is 3.39. The molecule has 0 atom stereocenters. The summed E-state index contributed by atoms with van der Waals surface area (Å²) in [7, 11) is -1.95. The zero-order valence-electron chi connectivity index (χ0n) is 6.81. The van der Waals surface area contributed by atoms with Crippen molar-refractivity contribution in [3.8, 4) is 0 Å². The van der Waals surface area contributed by atoms with Gasteiger partial charge in [-0.1, -0.05) is 13.8 Å². The van der Waals surface area contributed by atoms with Crippen LogP contribution in [0.15, 0.2) is 0 Å². The summed E-state index contributed by atoms with van der Waals surface area (Å²) in [5, 5.41) is 0. The van der Waals surface area contributed by atoms with E-state index >= 15 is 0 Å². The highest BCUT2D eigenvalue weighted by Gasteiger charge is 2.23. The Morgan fingerprint density at radius 1 is 1.22 bits per heavy atom. The van der Waals surface area contributed by atoms with Crippen LogP contribution in [-0.2, 0) is 0 Å². The van der Waals surface area contributed by atoms with E-state index in [-0.39, 0.29) is 0 Å². The summed E-state index contributed by atoms with van der Waals surface area (Å²) < 4.78 is 2.13. The van der Waals surface area contributed by atoms with Crippen molar-refractivity contribution in [2.24, 2.45) is 0 Å². The molecule has 0 aromatic heterocycles. The van der Waals surface area contributed by atoms with Gasteiger partial charge in [0, 0.05) is 0 Å². The van der Waals surface area contributed by atoms with Crippen LogP contribution in [0.5, 0.6) is 0 Å². The lowest BCUT2D eigenvalue weighted by Gasteiger charge is -2.28. The lowest BCUT2D eigenvalue weighted by Crippen LogP contribution is -2.48. The van der Waals surface area contributed by atoms with Crippen LogP contribution >= 0.6 is 0 Å². The van der Waals surface area contributed by atoms with Crippen molar-refractivity contribution in [2.45, 2.75) is 26.9 Å². The van der Waals surface area contributed by atoms with Crippen molar-refractivity contribution in [3.05, 3.63) is 0 Å². The predicted molar refractivity (Wildman–Crippen MR) is 42.6 cm³/mol. The zero-order chi connectivity index (χ0) is 7.49. The minimum Gasteiger partial charge on any atom is -0.419 e. The largest absolute Gasteiger partial charge is 0.419 e. The highest BCUT2D eigenvalue weighted by Crippen LogP contribution is 2.03. The standard InChI is InChI=1S/C6H17NOSi/c1-5-7(6-2)9(3,4)8/h8H,5-6H2,1-4H3. The smallest absolute Gasteiger partial charge is 0.262 e. The third kappa shape index (κ3) is 2.98. The van der Waals surface area contributed by atoms with Gasteiger partial charge in [0.1, 0.15) is 0 Å². The van der Waals surface area contributed by atoms with Gasteiger partial charge in [-0.2, -0.15) is 0 Å². The second-order valence-corrected chi connectivity index (χ2v) is 6.29. The Labute approximate surface area is 58.7 Å². The van der Waals surface area contributed by atoms with Crippen LogP contribution in [-0.4, -0.2) is 30.9 Å². The van der Waals surface area contributed by atoms with E-state index in [1.807, 2.05) is 13.1 Å². The molecule has 0 rings (SSSR count). The summed E-state index contributed by atoms with van der Waals surface area (Å²) in [6, 6.07) is 0. The quantitative estimate of drug-likeness (QED) is 0.603. The SMILES string of the molecule is CCN(CC)[Si](C)(C)O. The molecule has 0 aliphatic heterocycles. The second-order valence-electron chi connectivity index (χ2n) is 2.67. The molecule has 0 fully saturated rings. The van der Waals surface area contributed by atoms with Crippen molar-refractivity contribution in [1.82, 2.24) is 4.57 Å². The topological polar surface area (TPSA) is 23.5 Å². The van der Waals surface area contributed by atoms with Crippen LogP contribution in [0.1, 0.15) is 13.8 Å². The van der Waals surface area contributed by atoms with E-state index in [1.165, 1.54) is 0 Å². The average molecular weight is 147 g/mol. The van der Waals surface area contributed by atoms with Crippen LogP contribution in [0.25, 0.3) is 0 Å². The van der Waals surface area contributed by atoms with Crippen molar-refractivity contribution in [2.75, 3.05) is 13.1 Å². The summed E-state index contributed by atoms with van der Waals surface area (Å²) in [6.45, 7) is 9.97. The van der Waals surface area contributed by atoms with Crippen molar-refractivity contribution in [1.29, 1.82) is 0 Å². The fourth-order valence-electron chi connectivity index (χ4n) is 0.997. The van der Waals surface area contributed by atoms with Crippen LogP contribution in [0.3, 0.4) is 0 Å². The van der Waals surface area contributed by atoms with Gasteiger partial charge >= 0.3 is 0 Å². The minimum atomic E-state index is -1.95. The zero-order valence-corrected chi connectivity index (χ0v) is 7.81. The molecule has 1 N–H and O–H groups in total. The van der Waals surface area contributed by atoms with Gasteiger partial charge in [0.25, 0.3) is 8.48 Å². The Hall–Kier alpha value is 0.137. The molecule has 2 nitrogen and oxygen atoms in total. The summed E-state index contributed by atoms with van der Waals surface area (Å²) in [5.41, 5.74) is 0. The molecular weight excluding hydrogens is 130 g/mol. The van der Waals surface area contributed by atoms with E-state index in [2.05, 4.69) is 18.4 Å². The Morgan fingerprint density at radius 2 is 1.56 bits per heavy atom. The summed E-state index contributed by atoms with van der Waals surface area (Å²) in [4.78, 5) is 9.54. The Bertz CT molecular complexity index is 75.6. The molecule has 0 aromatic carbocycles. The molecule has 0 radical (unpaired) electrons. The molecule has 0 saturated carbocycles. The minimum absolute atomic E-state index is 0.965. The second kappa shape index (κ2) is 3.34. The van der Waals surface area contributed by atoms with Gasteiger partial charge in [-0.25, -0.2) is 0 Å². The lowest BCUT2D eigenvalue weighted by molar-refractivity contribution is 0.369. The van der Waals surface area contributed by atoms with E-state index in [9.17, 15) is 4.80 Å².